The Labute approximate surface area is 131 Å². The zero-order valence-electron chi connectivity index (χ0n) is 13.5. The standard InChI is InChI=1S/C16H25N3O3/c1-12-9-18-6-7-19(12)10-13-4-5-14(15(8-13)21-3)22-11-16(20)17-2/h4-5,8,12,18H,6-7,9-11H2,1-3H3,(H,17,20)/t12-/m1/s1. The highest BCUT2D eigenvalue weighted by Gasteiger charge is 2.18. The Bertz CT molecular complexity index is 507. The maximum Gasteiger partial charge on any atom is 0.257 e. The lowest BCUT2D eigenvalue weighted by molar-refractivity contribution is -0.122. The first kappa shape index (κ1) is 16.6. The highest BCUT2D eigenvalue weighted by Crippen LogP contribution is 2.28. The summed E-state index contributed by atoms with van der Waals surface area (Å²) in [6, 6.07) is 6.39. The van der Waals surface area contributed by atoms with Gasteiger partial charge in [0.15, 0.2) is 18.1 Å². The average molecular weight is 307 g/mol. The number of methoxy groups -OCH3 is 1. The number of ether oxygens (including phenoxy) is 2. The minimum atomic E-state index is -0.166. The van der Waals surface area contributed by atoms with E-state index in [4.69, 9.17) is 9.47 Å². The molecule has 6 nitrogen and oxygen atoms in total. The molecule has 1 aliphatic rings. The smallest absolute Gasteiger partial charge is 0.257 e. The van der Waals surface area contributed by atoms with E-state index in [0.29, 0.717) is 17.5 Å². The fraction of sp³-hybridized carbons (Fsp3) is 0.562. The molecule has 22 heavy (non-hydrogen) atoms. The number of nitrogens with one attached hydrogen (secondary N) is 2. The van der Waals surface area contributed by atoms with Crippen molar-refractivity contribution in [2.45, 2.75) is 19.5 Å². The van der Waals surface area contributed by atoms with Crippen molar-refractivity contribution in [1.29, 1.82) is 0 Å². The molecule has 1 amide bonds. The molecule has 1 saturated heterocycles. The van der Waals surface area contributed by atoms with Gasteiger partial charge in [-0.3, -0.25) is 9.69 Å². The number of likely N-dealkylation sites (N-methyl/N-ethyl adjacent to an activating group) is 1. The quantitative estimate of drug-likeness (QED) is 0.806. The molecule has 0 aromatic heterocycles. The van der Waals surface area contributed by atoms with Crippen LogP contribution in [0.2, 0.25) is 0 Å². The predicted molar refractivity (Wildman–Crippen MR) is 85.3 cm³/mol. The maximum absolute atomic E-state index is 11.3. The molecule has 1 heterocycles. The van der Waals surface area contributed by atoms with Gasteiger partial charge in [0.25, 0.3) is 5.91 Å². The molecule has 1 fully saturated rings. The second kappa shape index (κ2) is 8.00. The molecule has 0 aliphatic carbocycles. The van der Waals surface area contributed by atoms with E-state index in [1.165, 1.54) is 5.56 Å². The van der Waals surface area contributed by atoms with Crippen LogP contribution in [-0.2, 0) is 11.3 Å². The minimum Gasteiger partial charge on any atom is -0.493 e. The number of nitrogens with zero attached hydrogens (tertiary/aromatic N) is 1. The van der Waals surface area contributed by atoms with Crippen LogP contribution in [-0.4, -0.2) is 57.2 Å². The molecule has 2 N–H and O–H groups in total. The number of hydrogen-bond donors (Lipinski definition) is 2. The van der Waals surface area contributed by atoms with E-state index in [0.717, 1.165) is 26.2 Å². The van der Waals surface area contributed by atoms with Gasteiger partial charge in [-0.05, 0) is 24.6 Å². The van der Waals surface area contributed by atoms with E-state index in [1.54, 1.807) is 14.2 Å². The van der Waals surface area contributed by atoms with Crippen molar-refractivity contribution in [2.75, 3.05) is 40.4 Å². The zero-order valence-corrected chi connectivity index (χ0v) is 13.5. The normalized spacial score (nSPS) is 18.8. The predicted octanol–water partition coefficient (Wildman–Crippen LogP) is 0.614. The molecular weight excluding hydrogens is 282 g/mol. The SMILES string of the molecule is CNC(=O)COc1ccc(CN2CCNC[C@H]2C)cc1OC. The second-order valence-electron chi connectivity index (χ2n) is 5.47. The summed E-state index contributed by atoms with van der Waals surface area (Å²) in [4.78, 5) is 13.7. The van der Waals surface area contributed by atoms with Crippen LogP contribution < -0.4 is 20.1 Å². The van der Waals surface area contributed by atoms with Gasteiger partial charge in [-0.15, -0.1) is 0 Å². The van der Waals surface area contributed by atoms with Crippen LogP contribution in [0.1, 0.15) is 12.5 Å². The van der Waals surface area contributed by atoms with E-state index < -0.39 is 0 Å². The van der Waals surface area contributed by atoms with Crippen molar-refractivity contribution in [3.8, 4) is 11.5 Å². The number of piperazine rings is 1. The van der Waals surface area contributed by atoms with Crippen molar-refractivity contribution in [3.63, 3.8) is 0 Å². The number of benzene rings is 1. The third-order valence-corrected chi connectivity index (χ3v) is 3.89. The molecule has 1 aromatic carbocycles. The summed E-state index contributed by atoms with van der Waals surface area (Å²) in [7, 11) is 3.19. The summed E-state index contributed by atoms with van der Waals surface area (Å²) in [5.74, 6) is 1.08. The van der Waals surface area contributed by atoms with Crippen LogP contribution in [0.3, 0.4) is 0 Å². The topological polar surface area (TPSA) is 62.8 Å². The molecule has 1 atom stereocenters. The van der Waals surface area contributed by atoms with E-state index in [-0.39, 0.29) is 12.5 Å². The highest BCUT2D eigenvalue weighted by atomic mass is 16.5. The molecular formula is C16H25N3O3. The summed E-state index contributed by atoms with van der Waals surface area (Å²) in [5, 5.41) is 5.92. The fourth-order valence-corrected chi connectivity index (χ4v) is 2.50. The molecule has 0 radical (unpaired) electrons. The van der Waals surface area contributed by atoms with Gasteiger partial charge in [-0.25, -0.2) is 0 Å². The molecule has 0 unspecified atom stereocenters. The maximum atomic E-state index is 11.3. The Kier molecular flexibility index (Phi) is 6.03. The van der Waals surface area contributed by atoms with Crippen molar-refractivity contribution in [3.05, 3.63) is 23.8 Å². The third kappa shape index (κ3) is 4.35. The second-order valence-corrected chi connectivity index (χ2v) is 5.47. The van der Waals surface area contributed by atoms with Gasteiger partial charge in [-0.1, -0.05) is 6.07 Å². The fourth-order valence-electron chi connectivity index (χ4n) is 2.50. The largest absolute Gasteiger partial charge is 0.493 e. The van der Waals surface area contributed by atoms with Crippen molar-refractivity contribution in [1.82, 2.24) is 15.5 Å². The van der Waals surface area contributed by atoms with E-state index >= 15 is 0 Å². The van der Waals surface area contributed by atoms with E-state index in [9.17, 15) is 4.79 Å². The molecule has 6 heteroatoms. The van der Waals surface area contributed by atoms with Crippen LogP contribution >= 0.6 is 0 Å². The molecule has 122 valence electrons. The minimum absolute atomic E-state index is 0.0129. The Morgan fingerprint density at radius 1 is 1.45 bits per heavy atom. The number of amides is 1. The Morgan fingerprint density at radius 3 is 2.95 bits per heavy atom. The highest BCUT2D eigenvalue weighted by molar-refractivity contribution is 5.77. The van der Waals surface area contributed by atoms with Gasteiger partial charge >= 0.3 is 0 Å². The molecule has 0 saturated carbocycles. The Morgan fingerprint density at radius 2 is 2.27 bits per heavy atom. The summed E-state index contributed by atoms with van der Waals surface area (Å²) in [6.07, 6.45) is 0. The Hall–Kier alpha value is -1.79. The number of hydrogen-bond acceptors (Lipinski definition) is 5. The van der Waals surface area contributed by atoms with Gasteiger partial charge in [0.2, 0.25) is 0 Å². The lowest BCUT2D eigenvalue weighted by Gasteiger charge is -2.34. The van der Waals surface area contributed by atoms with Crippen LogP contribution in [0.4, 0.5) is 0 Å². The summed E-state index contributed by atoms with van der Waals surface area (Å²) < 4.78 is 10.9. The average Bonchev–Trinajstić information content (AvgIpc) is 2.55. The summed E-state index contributed by atoms with van der Waals surface area (Å²) in [5.41, 5.74) is 1.18. The first-order valence-electron chi connectivity index (χ1n) is 7.59. The van der Waals surface area contributed by atoms with Gasteiger partial charge < -0.3 is 20.1 Å². The van der Waals surface area contributed by atoms with E-state index in [1.807, 2.05) is 18.2 Å². The van der Waals surface area contributed by atoms with Crippen molar-refractivity contribution in [2.24, 2.45) is 0 Å². The molecule has 0 spiro atoms. The van der Waals surface area contributed by atoms with Gasteiger partial charge in [-0.2, -0.15) is 0 Å². The van der Waals surface area contributed by atoms with E-state index in [2.05, 4.69) is 22.5 Å². The number of carbonyl (C=O) groups excluding carboxylic acids is 1. The van der Waals surface area contributed by atoms with Crippen LogP contribution in [0.15, 0.2) is 18.2 Å². The first-order chi connectivity index (χ1) is 10.6. The lowest BCUT2D eigenvalue weighted by atomic mass is 10.1. The zero-order chi connectivity index (χ0) is 15.9. The Balaban J connectivity index is 2.02. The number of rotatable bonds is 6. The first-order valence-corrected chi connectivity index (χ1v) is 7.59. The van der Waals surface area contributed by atoms with Crippen molar-refractivity contribution < 1.29 is 14.3 Å². The molecule has 0 bridgehead atoms. The lowest BCUT2D eigenvalue weighted by Crippen LogP contribution is -2.49. The molecule has 1 aromatic rings. The molecule has 1 aliphatic heterocycles. The summed E-state index contributed by atoms with van der Waals surface area (Å²) >= 11 is 0. The van der Waals surface area contributed by atoms with Crippen LogP contribution in [0.5, 0.6) is 11.5 Å². The van der Waals surface area contributed by atoms with Crippen LogP contribution in [0, 0.1) is 0 Å². The van der Waals surface area contributed by atoms with Crippen molar-refractivity contribution >= 4 is 5.91 Å². The van der Waals surface area contributed by atoms with Gasteiger partial charge in [0, 0.05) is 39.3 Å². The third-order valence-electron chi connectivity index (χ3n) is 3.89. The number of carbonyl (C=O) groups is 1. The van der Waals surface area contributed by atoms with Gasteiger partial charge in [0.1, 0.15) is 0 Å². The molecule has 2 rings (SSSR count). The summed E-state index contributed by atoms with van der Waals surface area (Å²) in [6.45, 7) is 6.18. The van der Waals surface area contributed by atoms with Gasteiger partial charge in [0.05, 0.1) is 7.11 Å². The van der Waals surface area contributed by atoms with Crippen LogP contribution in [0.25, 0.3) is 0 Å². The monoisotopic (exact) mass is 307 g/mol.